The Balaban J connectivity index is 3.23. The second kappa shape index (κ2) is 3.79. The molecule has 0 saturated carbocycles. The molecule has 0 spiro atoms. The van der Waals surface area contributed by atoms with Gasteiger partial charge < -0.3 is 11.1 Å². The molecule has 0 bridgehead atoms. The molecule has 0 aromatic heterocycles. The number of nitriles is 1. The number of hydrogen-bond donors (Lipinski definition) is 2. The lowest BCUT2D eigenvalue weighted by Gasteiger charge is -2.08. The third kappa shape index (κ3) is 1.83. The van der Waals surface area contributed by atoms with Gasteiger partial charge in [-0.2, -0.15) is 5.26 Å². The van der Waals surface area contributed by atoms with Crippen LogP contribution in [-0.2, 0) is 4.79 Å². The maximum atomic E-state index is 10.8. The maximum absolute atomic E-state index is 10.8. The number of nitrogens with two attached hydrogens (primary N) is 1. The lowest BCUT2D eigenvalue weighted by Crippen LogP contribution is -2.09. The Bertz CT molecular complexity index is 418. The minimum Gasteiger partial charge on any atom is -0.396 e. The van der Waals surface area contributed by atoms with Gasteiger partial charge in [-0.05, 0) is 18.6 Å². The highest BCUT2D eigenvalue weighted by Crippen LogP contribution is 2.24. The van der Waals surface area contributed by atoms with E-state index in [1.807, 2.05) is 6.07 Å². The zero-order valence-electron chi connectivity index (χ0n) is 8.09. The van der Waals surface area contributed by atoms with E-state index in [0.717, 1.165) is 5.56 Å². The summed E-state index contributed by atoms with van der Waals surface area (Å²) in [5, 5.41) is 11.4. The molecule has 0 radical (unpaired) electrons. The third-order valence-corrected chi connectivity index (χ3v) is 1.88. The molecule has 1 aromatic carbocycles. The van der Waals surface area contributed by atoms with Crippen LogP contribution < -0.4 is 11.1 Å². The minimum atomic E-state index is -0.204. The molecule has 72 valence electrons. The summed E-state index contributed by atoms with van der Waals surface area (Å²) >= 11 is 0. The van der Waals surface area contributed by atoms with Gasteiger partial charge in [0, 0.05) is 6.92 Å². The fourth-order valence-corrected chi connectivity index (χ4v) is 1.18. The Morgan fingerprint density at radius 3 is 2.71 bits per heavy atom. The molecule has 3 N–H and O–H groups in total. The summed E-state index contributed by atoms with van der Waals surface area (Å²) in [6, 6.07) is 5.44. The van der Waals surface area contributed by atoms with E-state index in [-0.39, 0.29) is 5.91 Å². The molecule has 14 heavy (non-hydrogen) atoms. The predicted octanol–water partition coefficient (Wildman–Crippen LogP) is 1.41. The number of benzene rings is 1. The SMILES string of the molecule is CC(=O)Nc1ccc(C)c(C#N)c1N. The lowest BCUT2D eigenvalue weighted by molar-refractivity contribution is -0.114. The molecule has 0 heterocycles. The summed E-state index contributed by atoms with van der Waals surface area (Å²) in [5.41, 5.74) is 7.73. The van der Waals surface area contributed by atoms with Gasteiger partial charge in [-0.1, -0.05) is 6.07 Å². The quantitative estimate of drug-likeness (QED) is 0.655. The average Bonchev–Trinajstić information content (AvgIpc) is 2.10. The molecule has 0 unspecified atom stereocenters. The van der Waals surface area contributed by atoms with Crippen LogP contribution in [-0.4, -0.2) is 5.91 Å². The number of hydrogen-bond acceptors (Lipinski definition) is 3. The summed E-state index contributed by atoms with van der Waals surface area (Å²) in [6.07, 6.45) is 0. The summed E-state index contributed by atoms with van der Waals surface area (Å²) in [4.78, 5) is 10.8. The molecule has 1 rings (SSSR count). The van der Waals surface area contributed by atoms with E-state index in [2.05, 4.69) is 5.32 Å². The molecule has 4 heteroatoms. The monoisotopic (exact) mass is 189 g/mol. The molecule has 0 aliphatic carbocycles. The fraction of sp³-hybridized carbons (Fsp3) is 0.200. The van der Waals surface area contributed by atoms with Crippen molar-refractivity contribution in [1.29, 1.82) is 5.26 Å². The van der Waals surface area contributed by atoms with Gasteiger partial charge in [-0.3, -0.25) is 4.79 Å². The Hall–Kier alpha value is -2.02. The topological polar surface area (TPSA) is 78.9 Å². The highest BCUT2D eigenvalue weighted by Gasteiger charge is 2.08. The van der Waals surface area contributed by atoms with Crippen LogP contribution in [0.4, 0.5) is 11.4 Å². The molecule has 0 atom stereocenters. The van der Waals surface area contributed by atoms with Crippen LogP contribution in [0.1, 0.15) is 18.1 Å². The van der Waals surface area contributed by atoms with Gasteiger partial charge in [0.25, 0.3) is 0 Å². The zero-order chi connectivity index (χ0) is 10.7. The number of aryl methyl sites for hydroxylation is 1. The van der Waals surface area contributed by atoms with E-state index in [9.17, 15) is 4.79 Å². The van der Waals surface area contributed by atoms with Crippen LogP contribution in [0.2, 0.25) is 0 Å². The second-order valence-electron chi connectivity index (χ2n) is 3.01. The van der Waals surface area contributed by atoms with Crippen molar-refractivity contribution >= 4 is 17.3 Å². The van der Waals surface area contributed by atoms with Crippen LogP contribution in [0.5, 0.6) is 0 Å². The first kappa shape index (κ1) is 10.1. The predicted molar refractivity (Wildman–Crippen MR) is 54.6 cm³/mol. The largest absolute Gasteiger partial charge is 0.396 e. The van der Waals surface area contributed by atoms with Gasteiger partial charge in [0.2, 0.25) is 5.91 Å². The van der Waals surface area contributed by atoms with Gasteiger partial charge >= 0.3 is 0 Å². The van der Waals surface area contributed by atoms with Gasteiger partial charge in [0.15, 0.2) is 0 Å². The third-order valence-electron chi connectivity index (χ3n) is 1.88. The van der Waals surface area contributed by atoms with Crippen LogP contribution in [0.25, 0.3) is 0 Å². The molecule has 1 aromatic rings. The van der Waals surface area contributed by atoms with E-state index in [0.29, 0.717) is 16.9 Å². The van der Waals surface area contributed by atoms with Crippen LogP contribution in [0, 0.1) is 18.3 Å². The molecule has 0 aliphatic heterocycles. The highest BCUT2D eigenvalue weighted by atomic mass is 16.1. The molecular formula is C10H11N3O. The number of rotatable bonds is 1. The van der Waals surface area contributed by atoms with Gasteiger partial charge in [-0.25, -0.2) is 0 Å². The van der Waals surface area contributed by atoms with Crippen molar-refractivity contribution in [1.82, 2.24) is 0 Å². The van der Waals surface area contributed by atoms with Crippen molar-refractivity contribution < 1.29 is 4.79 Å². The van der Waals surface area contributed by atoms with Crippen LogP contribution in [0.3, 0.4) is 0 Å². The molecule has 4 nitrogen and oxygen atoms in total. The Kier molecular flexibility index (Phi) is 2.73. The Morgan fingerprint density at radius 2 is 2.21 bits per heavy atom. The summed E-state index contributed by atoms with van der Waals surface area (Å²) < 4.78 is 0. The van der Waals surface area contributed by atoms with Crippen molar-refractivity contribution in [3.8, 4) is 6.07 Å². The number of carbonyl (C=O) groups excluding carboxylic acids is 1. The number of carbonyl (C=O) groups is 1. The highest BCUT2D eigenvalue weighted by molar-refractivity contribution is 5.93. The summed E-state index contributed by atoms with van der Waals surface area (Å²) in [6.45, 7) is 3.19. The number of nitrogens with zero attached hydrogens (tertiary/aromatic N) is 1. The van der Waals surface area contributed by atoms with E-state index in [1.165, 1.54) is 6.92 Å². The van der Waals surface area contributed by atoms with Crippen molar-refractivity contribution in [2.24, 2.45) is 0 Å². The normalized spacial score (nSPS) is 9.21. The maximum Gasteiger partial charge on any atom is 0.221 e. The molecular weight excluding hydrogens is 178 g/mol. The number of anilines is 2. The molecule has 0 aliphatic rings. The molecule has 0 fully saturated rings. The van der Waals surface area contributed by atoms with E-state index >= 15 is 0 Å². The van der Waals surface area contributed by atoms with Crippen molar-refractivity contribution in [3.63, 3.8) is 0 Å². The van der Waals surface area contributed by atoms with E-state index in [4.69, 9.17) is 11.0 Å². The standard InChI is InChI=1S/C10H11N3O/c1-6-3-4-9(13-7(2)14)10(12)8(6)5-11/h3-4H,12H2,1-2H3,(H,13,14). The summed E-state index contributed by atoms with van der Waals surface area (Å²) in [7, 11) is 0. The van der Waals surface area contributed by atoms with Crippen LogP contribution in [0.15, 0.2) is 12.1 Å². The van der Waals surface area contributed by atoms with Gasteiger partial charge in [0.05, 0.1) is 16.9 Å². The summed E-state index contributed by atoms with van der Waals surface area (Å²) in [5.74, 6) is -0.204. The lowest BCUT2D eigenvalue weighted by atomic mass is 10.1. The minimum absolute atomic E-state index is 0.204. The second-order valence-corrected chi connectivity index (χ2v) is 3.01. The molecule has 1 amide bonds. The van der Waals surface area contributed by atoms with Crippen molar-refractivity contribution in [2.75, 3.05) is 11.1 Å². The van der Waals surface area contributed by atoms with Crippen LogP contribution >= 0.6 is 0 Å². The average molecular weight is 189 g/mol. The smallest absolute Gasteiger partial charge is 0.221 e. The Morgan fingerprint density at radius 1 is 1.57 bits per heavy atom. The number of nitrogen functional groups attached to an aromatic ring is 1. The van der Waals surface area contributed by atoms with E-state index < -0.39 is 0 Å². The first-order chi connectivity index (χ1) is 6.56. The number of nitrogens with one attached hydrogen (secondary N) is 1. The van der Waals surface area contributed by atoms with Gasteiger partial charge in [-0.15, -0.1) is 0 Å². The van der Waals surface area contributed by atoms with Gasteiger partial charge in [0.1, 0.15) is 6.07 Å². The number of amides is 1. The zero-order valence-corrected chi connectivity index (χ0v) is 8.09. The van der Waals surface area contributed by atoms with E-state index in [1.54, 1.807) is 19.1 Å². The first-order valence-corrected chi connectivity index (χ1v) is 4.13. The first-order valence-electron chi connectivity index (χ1n) is 4.13. The molecule has 0 saturated heterocycles. The van der Waals surface area contributed by atoms with Crippen molar-refractivity contribution in [3.05, 3.63) is 23.3 Å². The fourth-order valence-electron chi connectivity index (χ4n) is 1.18. The Labute approximate surface area is 82.3 Å². The van der Waals surface area contributed by atoms with Crippen molar-refractivity contribution in [2.45, 2.75) is 13.8 Å².